The van der Waals surface area contributed by atoms with E-state index in [0.29, 0.717) is 18.2 Å². The molecule has 0 bridgehead atoms. The predicted molar refractivity (Wildman–Crippen MR) is 77.8 cm³/mol. The number of benzene rings is 1. The Morgan fingerprint density at radius 1 is 1.45 bits per heavy atom. The molecule has 106 valence electrons. The highest BCUT2D eigenvalue weighted by atomic mass is 16.5. The maximum absolute atomic E-state index is 11.8. The van der Waals surface area contributed by atoms with E-state index in [4.69, 9.17) is 10.5 Å². The molecule has 2 rings (SSSR count). The Hall–Kier alpha value is -2.50. The van der Waals surface area contributed by atoms with E-state index in [0.717, 1.165) is 11.1 Å². The van der Waals surface area contributed by atoms with E-state index in [2.05, 4.69) is 10.4 Å². The van der Waals surface area contributed by atoms with Crippen LogP contribution in [0.3, 0.4) is 0 Å². The zero-order valence-corrected chi connectivity index (χ0v) is 11.8. The van der Waals surface area contributed by atoms with Crippen molar-refractivity contribution in [3.63, 3.8) is 0 Å². The Morgan fingerprint density at radius 2 is 2.15 bits per heavy atom. The number of nitrogen functional groups attached to an aromatic ring is 1. The average Bonchev–Trinajstić information content (AvgIpc) is 2.77. The number of anilines is 2. The molecule has 0 radical (unpaired) electrons. The summed E-state index contributed by atoms with van der Waals surface area (Å²) in [6.07, 6.45) is 0. The molecule has 1 heterocycles. The third-order valence-electron chi connectivity index (χ3n) is 3.20. The number of methoxy groups -OCH3 is 1. The summed E-state index contributed by atoms with van der Waals surface area (Å²) in [7, 11) is 3.01. The second-order valence-electron chi connectivity index (χ2n) is 4.43. The molecule has 6 heteroatoms. The van der Waals surface area contributed by atoms with Gasteiger partial charge in [0.25, 0.3) is 0 Å². The molecule has 0 aliphatic rings. The number of hydrogen-bond donors (Lipinski definition) is 2. The van der Waals surface area contributed by atoms with Gasteiger partial charge >= 0.3 is 5.97 Å². The third-order valence-corrected chi connectivity index (χ3v) is 3.20. The molecule has 0 saturated heterocycles. The van der Waals surface area contributed by atoms with Gasteiger partial charge in [0.2, 0.25) is 0 Å². The number of aryl methyl sites for hydroxylation is 1. The first-order chi connectivity index (χ1) is 9.58. The molecule has 0 unspecified atom stereocenters. The molecular weight excluding hydrogens is 256 g/mol. The number of esters is 1. The number of nitrogens with two attached hydrogens (primary N) is 1. The Kier molecular flexibility index (Phi) is 3.93. The minimum Gasteiger partial charge on any atom is -0.465 e. The molecule has 0 aliphatic heterocycles. The summed E-state index contributed by atoms with van der Waals surface area (Å²) in [6.45, 7) is 2.53. The van der Waals surface area contributed by atoms with Crippen molar-refractivity contribution in [2.75, 3.05) is 25.2 Å². The number of nitrogens with one attached hydrogen (secondary N) is 1. The number of hydrogen-bond acceptors (Lipinski definition) is 5. The minimum atomic E-state index is -0.497. The molecule has 3 N–H and O–H groups in total. The smallest absolute Gasteiger partial charge is 0.345 e. The molecular formula is C14H18N4O2. The van der Waals surface area contributed by atoms with Crippen molar-refractivity contribution in [1.29, 1.82) is 0 Å². The van der Waals surface area contributed by atoms with Gasteiger partial charge in [0.15, 0.2) is 5.82 Å². The van der Waals surface area contributed by atoms with Crippen molar-refractivity contribution in [2.24, 2.45) is 0 Å². The van der Waals surface area contributed by atoms with Gasteiger partial charge in [0, 0.05) is 7.05 Å². The van der Waals surface area contributed by atoms with Crippen molar-refractivity contribution in [2.45, 2.75) is 13.5 Å². The second kappa shape index (κ2) is 5.64. The molecule has 20 heavy (non-hydrogen) atoms. The van der Waals surface area contributed by atoms with Crippen LogP contribution in [0.5, 0.6) is 0 Å². The summed E-state index contributed by atoms with van der Waals surface area (Å²) in [5.41, 5.74) is 8.53. The zero-order valence-electron chi connectivity index (χ0n) is 11.8. The van der Waals surface area contributed by atoms with Gasteiger partial charge in [-0.15, -0.1) is 0 Å². The molecule has 1 aromatic carbocycles. The van der Waals surface area contributed by atoms with Crippen LogP contribution in [0.2, 0.25) is 0 Å². The lowest BCUT2D eigenvalue weighted by Gasteiger charge is -2.07. The molecule has 1 aromatic heterocycles. The molecule has 6 nitrogen and oxygen atoms in total. The minimum absolute atomic E-state index is 0.267. The third kappa shape index (κ3) is 2.45. The maximum atomic E-state index is 11.8. The first-order valence-electron chi connectivity index (χ1n) is 6.25. The summed E-state index contributed by atoms with van der Waals surface area (Å²) in [6, 6.07) is 7.97. The number of rotatable bonds is 4. The number of carbonyl (C=O) groups excluding carboxylic acids is 1. The average molecular weight is 274 g/mol. The second-order valence-corrected chi connectivity index (χ2v) is 4.43. The Bertz CT molecular complexity index is 634. The van der Waals surface area contributed by atoms with Crippen LogP contribution in [0.25, 0.3) is 0 Å². The quantitative estimate of drug-likeness (QED) is 0.828. The normalized spacial score (nSPS) is 10.3. The molecule has 0 saturated carbocycles. The van der Waals surface area contributed by atoms with E-state index >= 15 is 0 Å². The van der Waals surface area contributed by atoms with Crippen LogP contribution in [0.4, 0.5) is 11.6 Å². The molecule has 0 amide bonds. The van der Waals surface area contributed by atoms with E-state index in [9.17, 15) is 4.79 Å². The van der Waals surface area contributed by atoms with Crippen molar-refractivity contribution >= 4 is 17.6 Å². The van der Waals surface area contributed by atoms with Gasteiger partial charge < -0.3 is 15.8 Å². The van der Waals surface area contributed by atoms with Gasteiger partial charge in [-0.1, -0.05) is 24.3 Å². The highest BCUT2D eigenvalue weighted by Gasteiger charge is 2.22. The first kappa shape index (κ1) is 13.9. The van der Waals surface area contributed by atoms with E-state index in [1.165, 1.54) is 7.11 Å². The summed E-state index contributed by atoms with van der Waals surface area (Å²) < 4.78 is 6.33. The van der Waals surface area contributed by atoms with Gasteiger partial charge in [0.05, 0.1) is 13.7 Å². The number of aromatic nitrogens is 2. The molecule has 0 atom stereocenters. The molecule has 0 spiro atoms. The monoisotopic (exact) mass is 274 g/mol. The SMILES string of the molecule is CNc1nn(Cc2ccccc2C)c(N)c1C(=O)OC. The predicted octanol–water partition coefficient (Wildman–Crippen LogP) is 1.65. The lowest BCUT2D eigenvalue weighted by molar-refractivity contribution is 0.0603. The topological polar surface area (TPSA) is 82.2 Å². The van der Waals surface area contributed by atoms with Crippen LogP contribution in [0.1, 0.15) is 21.5 Å². The van der Waals surface area contributed by atoms with Crippen LogP contribution in [0.15, 0.2) is 24.3 Å². The van der Waals surface area contributed by atoms with Crippen molar-refractivity contribution < 1.29 is 9.53 Å². The Morgan fingerprint density at radius 3 is 2.75 bits per heavy atom. The van der Waals surface area contributed by atoms with Gasteiger partial charge in [0.1, 0.15) is 11.4 Å². The maximum Gasteiger partial charge on any atom is 0.345 e. The van der Waals surface area contributed by atoms with E-state index in [1.54, 1.807) is 11.7 Å². The highest BCUT2D eigenvalue weighted by Crippen LogP contribution is 2.23. The van der Waals surface area contributed by atoms with E-state index in [-0.39, 0.29) is 5.56 Å². The summed E-state index contributed by atoms with van der Waals surface area (Å²) >= 11 is 0. The van der Waals surface area contributed by atoms with Crippen LogP contribution >= 0.6 is 0 Å². The number of ether oxygens (including phenoxy) is 1. The van der Waals surface area contributed by atoms with Crippen molar-refractivity contribution in [3.05, 3.63) is 41.0 Å². The van der Waals surface area contributed by atoms with Gasteiger partial charge in [-0.05, 0) is 18.1 Å². The van der Waals surface area contributed by atoms with E-state index < -0.39 is 5.97 Å². The molecule has 0 aliphatic carbocycles. The van der Waals surface area contributed by atoms with Gasteiger partial charge in [-0.25, -0.2) is 9.48 Å². The molecule has 2 aromatic rings. The highest BCUT2D eigenvalue weighted by molar-refractivity contribution is 5.99. The fourth-order valence-electron chi connectivity index (χ4n) is 2.02. The van der Waals surface area contributed by atoms with E-state index in [1.807, 2.05) is 31.2 Å². The Labute approximate surface area is 117 Å². The van der Waals surface area contributed by atoms with Crippen LogP contribution in [0, 0.1) is 6.92 Å². The summed E-state index contributed by atoms with van der Waals surface area (Å²) in [5.74, 6) is 0.218. The summed E-state index contributed by atoms with van der Waals surface area (Å²) in [5, 5.41) is 7.17. The number of nitrogens with zero attached hydrogens (tertiary/aromatic N) is 2. The van der Waals surface area contributed by atoms with Crippen molar-refractivity contribution in [1.82, 2.24) is 9.78 Å². The summed E-state index contributed by atoms with van der Waals surface area (Å²) in [4.78, 5) is 11.8. The van der Waals surface area contributed by atoms with Gasteiger partial charge in [-0.2, -0.15) is 5.10 Å². The lowest BCUT2D eigenvalue weighted by atomic mass is 10.1. The Balaban J connectivity index is 2.41. The zero-order chi connectivity index (χ0) is 14.7. The van der Waals surface area contributed by atoms with Crippen LogP contribution in [-0.4, -0.2) is 29.9 Å². The van der Waals surface area contributed by atoms with Crippen LogP contribution < -0.4 is 11.1 Å². The largest absolute Gasteiger partial charge is 0.465 e. The number of carbonyl (C=O) groups is 1. The first-order valence-corrected chi connectivity index (χ1v) is 6.25. The van der Waals surface area contributed by atoms with Gasteiger partial charge in [-0.3, -0.25) is 0 Å². The fraction of sp³-hybridized carbons (Fsp3) is 0.286. The lowest BCUT2D eigenvalue weighted by Crippen LogP contribution is -2.10. The molecule has 0 fully saturated rings. The fourth-order valence-corrected chi connectivity index (χ4v) is 2.02. The standard InChI is InChI=1S/C14H18N4O2/c1-9-6-4-5-7-10(9)8-18-12(15)11(14(19)20-3)13(16-2)17-18/h4-7H,8,15H2,1-3H3,(H,16,17). The van der Waals surface area contributed by atoms with Crippen LogP contribution in [-0.2, 0) is 11.3 Å². The van der Waals surface area contributed by atoms with Crippen molar-refractivity contribution in [3.8, 4) is 0 Å².